The Bertz CT molecular complexity index is 561. The second-order valence-corrected chi connectivity index (χ2v) is 5.81. The van der Waals surface area contributed by atoms with Crippen molar-refractivity contribution in [2.75, 3.05) is 18.5 Å². The summed E-state index contributed by atoms with van der Waals surface area (Å²) in [6.07, 6.45) is 2.09. The van der Waals surface area contributed by atoms with Gasteiger partial charge in [0.15, 0.2) is 0 Å². The molecule has 0 bridgehead atoms. The van der Waals surface area contributed by atoms with Gasteiger partial charge in [0.2, 0.25) is 0 Å². The topological polar surface area (TPSA) is 21.3 Å². The highest BCUT2D eigenvalue weighted by Crippen LogP contribution is 2.22. The largest absolute Gasteiger partial charge is 0.492 e. The van der Waals surface area contributed by atoms with Crippen LogP contribution in [0.15, 0.2) is 46.9 Å². The van der Waals surface area contributed by atoms with Crippen molar-refractivity contribution >= 4 is 21.6 Å². The highest BCUT2D eigenvalue weighted by molar-refractivity contribution is 9.10. The lowest BCUT2D eigenvalue weighted by atomic mass is 10.0. The minimum atomic E-state index is 0.650. The van der Waals surface area contributed by atoms with Crippen molar-refractivity contribution in [3.05, 3.63) is 58.1 Å². The van der Waals surface area contributed by atoms with E-state index >= 15 is 0 Å². The van der Waals surface area contributed by atoms with E-state index in [0.29, 0.717) is 6.61 Å². The Morgan fingerprint density at radius 1 is 1.00 bits per heavy atom. The van der Waals surface area contributed by atoms with Crippen LogP contribution in [0.2, 0.25) is 0 Å². The molecule has 21 heavy (non-hydrogen) atoms. The van der Waals surface area contributed by atoms with Gasteiger partial charge in [0, 0.05) is 16.7 Å². The Hall–Kier alpha value is -1.48. The Morgan fingerprint density at radius 2 is 1.67 bits per heavy atom. The minimum Gasteiger partial charge on any atom is -0.492 e. The molecule has 0 aromatic heterocycles. The fraction of sp³-hybridized carbons (Fsp3) is 0.333. The van der Waals surface area contributed by atoms with E-state index in [-0.39, 0.29) is 0 Å². The van der Waals surface area contributed by atoms with E-state index in [4.69, 9.17) is 4.74 Å². The van der Waals surface area contributed by atoms with E-state index < -0.39 is 0 Å². The smallest absolute Gasteiger partial charge is 0.120 e. The zero-order valence-electron chi connectivity index (χ0n) is 12.7. The molecule has 112 valence electrons. The van der Waals surface area contributed by atoms with Gasteiger partial charge in [0.05, 0.1) is 0 Å². The van der Waals surface area contributed by atoms with Gasteiger partial charge in [-0.1, -0.05) is 54.0 Å². The number of halogens is 1. The normalized spacial score (nSPS) is 10.4. The number of benzene rings is 2. The molecule has 2 rings (SSSR count). The van der Waals surface area contributed by atoms with Crippen LogP contribution in [-0.4, -0.2) is 13.2 Å². The van der Waals surface area contributed by atoms with E-state index in [0.717, 1.165) is 29.6 Å². The zero-order valence-corrected chi connectivity index (χ0v) is 14.2. The second kappa shape index (κ2) is 8.08. The van der Waals surface area contributed by atoms with Gasteiger partial charge in [-0.05, 0) is 42.2 Å². The van der Waals surface area contributed by atoms with Gasteiger partial charge in [0.1, 0.15) is 12.4 Å². The molecule has 2 aromatic carbocycles. The molecule has 0 saturated carbocycles. The van der Waals surface area contributed by atoms with Crippen LogP contribution in [0.4, 0.5) is 5.69 Å². The Balaban J connectivity index is 1.91. The van der Waals surface area contributed by atoms with Gasteiger partial charge in [-0.15, -0.1) is 0 Å². The highest BCUT2D eigenvalue weighted by atomic mass is 79.9. The molecule has 0 fully saturated rings. The van der Waals surface area contributed by atoms with Crippen molar-refractivity contribution < 1.29 is 4.74 Å². The van der Waals surface area contributed by atoms with E-state index in [1.165, 1.54) is 16.8 Å². The molecular formula is C18H22BrNO. The number of aryl methyl sites for hydroxylation is 2. The molecule has 0 amide bonds. The third-order valence-corrected chi connectivity index (χ3v) is 3.96. The molecule has 1 N–H and O–H groups in total. The minimum absolute atomic E-state index is 0.650. The van der Waals surface area contributed by atoms with Crippen LogP contribution >= 0.6 is 15.9 Å². The van der Waals surface area contributed by atoms with Crippen molar-refractivity contribution in [2.24, 2.45) is 0 Å². The van der Waals surface area contributed by atoms with Gasteiger partial charge in [0.25, 0.3) is 0 Å². The Labute approximate surface area is 135 Å². The first-order valence-corrected chi connectivity index (χ1v) is 8.27. The average molecular weight is 348 g/mol. The summed E-state index contributed by atoms with van der Waals surface area (Å²) in [5, 5.41) is 3.53. The molecule has 3 heteroatoms. The van der Waals surface area contributed by atoms with E-state index in [1.807, 2.05) is 24.3 Å². The summed E-state index contributed by atoms with van der Waals surface area (Å²) in [7, 11) is 0. The Morgan fingerprint density at radius 3 is 2.29 bits per heavy atom. The Kier molecular flexibility index (Phi) is 6.12. The molecule has 0 saturated heterocycles. The van der Waals surface area contributed by atoms with E-state index in [1.54, 1.807) is 0 Å². The first kappa shape index (κ1) is 15.9. The van der Waals surface area contributed by atoms with Crippen LogP contribution < -0.4 is 10.1 Å². The van der Waals surface area contributed by atoms with Crippen molar-refractivity contribution in [1.29, 1.82) is 0 Å². The molecule has 0 aliphatic carbocycles. The molecule has 2 aromatic rings. The fourth-order valence-corrected chi connectivity index (χ4v) is 2.75. The van der Waals surface area contributed by atoms with Crippen molar-refractivity contribution in [1.82, 2.24) is 0 Å². The summed E-state index contributed by atoms with van der Waals surface area (Å²) in [6.45, 7) is 5.84. The SMILES string of the molecule is CCc1cccc(CC)c1NCCOc1cccc(Br)c1. The number of rotatable bonds is 7. The van der Waals surface area contributed by atoms with Crippen LogP contribution in [0.1, 0.15) is 25.0 Å². The van der Waals surface area contributed by atoms with Crippen molar-refractivity contribution in [3.63, 3.8) is 0 Å². The van der Waals surface area contributed by atoms with Crippen LogP contribution in [0.5, 0.6) is 5.75 Å². The lowest BCUT2D eigenvalue weighted by Crippen LogP contribution is -2.14. The van der Waals surface area contributed by atoms with E-state index in [2.05, 4.69) is 53.3 Å². The standard InChI is InChI=1S/C18H22BrNO/c1-3-14-7-5-8-15(4-2)18(14)20-11-12-21-17-10-6-9-16(19)13-17/h5-10,13,20H,3-4,11-12H2,1-2H3. The summed E-state index contributed by atoms with van der Waals surface area (Å²) >= 11 is 3.45. The molecule has 2 nitrogen and oxygen atoms in total. The first-order valence-electron chi connectivity index (χ1n) is 7.47. The molecule has 0 radical (unpaired) electrons. The third kappa shape index (κ3) is 4.50. The quantitative estimate of drug-likeness (QED) is 0.706. The summed E-state index contributed by atoms with van der Waals surface area (Å²) in [5.74, 6) is 0.894. The zero-order chi connectivity index (χ0) is 15.1. The summed E-state index contributed by atoms with van der Waals surface area (Å²) in [4.78, 5) is 0. The molecule has 0 aliphatic heterocycles. The maximum atomic E-state index is 5.76. The number of para-hydroxylation sites is 1. The van der Waals surface area contributed by atoms with Gasteiger partial charge in [-0.2, -0.15) is 0 Å². The van der Waals surface area contributed by atoms with Gasteiger partial charge in [-0.3, -0.25) is 0 Å². The number of hydrogen-bond acceptors (Lipinski definition) is 2. The molecule has 0 spiro atoms. The predicted octanol–water partition coefficient (Wildman–Crippen LogP) is 5.06. The summed E-state index contributed by atoms with van der Waals surface area (Å²) < 4.78 is 6.80. The molecular weight excluding hydrogens is 326 g/mol. The van der Waals surface area contributed by atoms with Crippen LogP contribution in [-0.2, 0) is 12.8 Å². The second-order valence-electron chi connectivity index (χ2n) is 4.89. The lowest BCUT2D eigenvalue weighted by molar-refractivity contribution is 0.332. The third-order valence-electron chi connectivity index (χ3n) is 3.47. The van der Waals surface area contributed by atoms with Crippen LogP contribution in [0, 0.1) is 0 Å². The van der Waals surface area contributed by atoms with Crippen LogP contribution in [0.25, 0.3) is 0 Å². The average Bonchev–Trinajstić information content (AvgIpc) is 2.51. The van der Waals surface area contributed by atoms with Gasteiger partial charge in [-0.25, -0.2) is 0 Å². The fourth-order valence-electron chi connectivity index (χ4n) is 2.37. The van der Waals surface area contributed by atoms with Gasteiger partial charge >= 0.3 is 0 Å². The maximum absolute atomic E-state index is 5.76. The number of nitrogens with one attached hydrogen (secondary N) is 1. The number of ether oxygens (including phenoxy) is 1. The summed E-state index contributed by atoms with van der Waals surface area (Å²) in [6, 6.07) is 14.5. The molecule has 0 aliphatic rings. The lowest BCUT2D eigenvalue weighted by Gasteiger charge is -2.15. The van der Waals surface area contributed by atoms with Crippen molar-refractivity contribution in [2.45, 2.75) is 26.7 Å². The highest BCUT2D eigenvalue weighted by Gasteiger charge is 2.05. The summed E-state index contributed by atoms with van der Waals surface area (Å²) in [5.41, 5.74) is 4.02. The molecule has 0 atom stereocenters. The van der Waals surface area contributed by atoms with Gasteiger partial charge < -0.3 is 10.1 Å². The number of hydrogen-bond donors (Lipinski definition) is 1. The van der Waals surface area contributed by atoms with Crippen LogP contribution in [0.3, 0.4) is 0 Å². The maximum Gasteiger partial charge on any atom is 0.120 e. The molecule has 0 unspecified atom stereocenters. The van der Waals surface area contributed by atoms with E-state index in [9.17, 15) is 0 Å². The predicted molar refractivity (Wildman–Crippen MR) is 93.3 cm³/mol. The number of anilines is 1. The van der Waals surface area contributed by atoms with Crippen molar-refractivity contribution in [3.8, 4) is 5.75 Å². The monoisotopic (exact) mass is 347 g/mol. The first-order chi connectivity index (χ1) is 10.2. The molecule has 0 heterocycles.